The van der Waals surface area contributed by atoms with E-state index in [1.165, 1.54) is 7.11 Å². The highest BCUT2D eigenvalue weighted by Gasteiger charge is 2.22. The van der Waals surface area contributed by atoms with Crippen molar-refractivity contribution in [2.75, 3.05) is 7.11 Å². The van der Waals surface area contributed by atoms with E-state index in [4.69, 9.17) is 4.74 Å². The number of rotatable bonds is 7. The molecule has 0 unspecified atom stereocenters. The highest BCUT2D eigenvalue weighted by molar-refractivity contribution is 5.97. The Hall–Kier alpha value is -3.60. The van der Waals surface area contributed by atoms with Crippen LogP contribution in [0.5, 0.6) is 5.75 Å². The van der Waals surface area contributed by atoms with Gasteiger partial charge in [0.15, 0.2) is 0 Å². The third kappa shape index (κ3) is 4.57. The summed E-state index contributed by atoms with van der Waals surface area (Å²) in [6.07, 6.45) is 0.132. The number of nitrogens with one attached hydrogen (secondary N) is 1. The Bertz CT molecular complexity index is 952. The van der Waals surface area contributed by atoms with Crippen molar-refractivity contribution in [3.05, 3.63) is 90.0 Å². The molecule has 28 heavy (non-hydrogen) atoms. The van der Waals surface area contributed by atoms with E-state index >= 15 is 0 Å². The van der Waals surface area contributed by atoms with Crippen molar-refractivity contribution in [1.82, 2.24) is 5.32 Å². The fraction of sp³-hybridized carbons (Fsp3) is 0.130. The van der Waals surface area contributed by atoms with Gasteiger partial charge in [0.1, 0.15) is 11.8 Å². The van der Waals surface area contributed by atoms with Gasteiger partial charge in [0.05, 0.1) is 7.11 Å². The largest absolute Gasteiger partial charge is 0.496 e. The van der Waals surface area contributed by atoms with Crippen LogP contribution in [0.2, 0.25) is 0 Å². The first-order chi connectivity index (χ1) is 13.6. The molecule has 3 aromatic carbocycles. The van der Waals surface area contributed by atoms with Gasteiger partial charge in [-0.2, -0.15) is 0 Å². The summed E-state index contributed by atoms with van der Waals surface area (Å²) in [5.41, 5.74) is 3.16. The van der Waals surface area contributed by atoms with Gasteiger partial charge in [-0.1, -0.05) is 60.7 Å². The topological polar surface area (TPSA) is 75.6 Å². The third-order valence-electron chi connectivity index (χ3n) is 4.47. The molecule has 5 nitrogen and oxygen atoms in total. The van der Waals surface area contributed by atoms with Crippen molar-refractivity contribution in [3.63, 3.8) is 0 Å². The van der Waals surface area contributed by atoms with Crippen molar-refractivity contribution >= 4 is 11.9 Å². The highest BCUT2D eigenvalue weighted by Crippen LogP contribution is 2.21. The SMILES string of the molecule is COc1ccccc1C[C@H](NC(=O)c1ccc(-c2ccccc2)cc1)C(=O)O. The Kier molecular flexibility index (Phi) is 6.07. The number of ether oxygens (including phenoxy) is 1. The van der Waals surface area contributed by atoms with Gasteiger partial charge >= 0.3 is 5.97 Å². The average Bonchev–Trinajstić information content (AvgIpc) is 2.74. The van der Waals surface area contributed by atoms with E-state index in [2.05, 4.69) is 5.32 Å². The predicted octanol–water partition coefficient (Wildman–Crippen LogP) is 3.79. The van der Waals surface area contributed by atoms with Gasteiger partial charge in [0, 0.05) is 12.0 Å². The number of carbonyl (C=O) groups excluding carboxylic acids is 1. The summed E-state index contributed by atoms with van der Waals surface area (Å²) >= 11 is 0. The fourth-order valence-corrected chi connectivity index (χ4v) is 2.98. The number of hydrogen-bond donors (Lipinski definition) is 2. The van der Waals surface area contributed by atoms with Crippen LogP contribution in [-0.2, 0) is 11.2 Å². The zero-order valence-electron chi connectivity index (χ0n) is 15.5. The molecule has 0 bridgehead atoms. The Morgan fingerprint density at radius 3 is 2.14 bits per heavy atom. The van der Waals surface area contributed by atoms with Crippen LogP contribution >= 0.6 is 0 Å². The van der Waals surface area contributed by atoms with Crippen molar-refractivity contribution < 1.29 is 19.4 Å². The number of para-hydroxylation sites is 1. The van der Waals surface area contributed by atoms with Gasteiger partial charge in [-0.3, -0.25) is 4.79 Å². The van der Waals surface area contributed by atoms with Crippen LogP contribution in [0.4, 0.5) is 0 Å². The predicted molar refractivity (Wildman–Crippen MR) is 107 cm³/mol. The van der Waals surface area contributed by atoms with E-state index in [1.807, 2.05) is 48.5 Å². The number of hydrogen-bond acceptors (Lipinski definition) is 3. The maximum absolute atomic E-state index is 12.5. The van der Waals surface area contributed by atoms with Gasteiger partial charge in [-0.25, -0.2) is 4.79 Å². The molecule has 0 aliphatic carbocycles. The molecule has 0 aliphatic heterocycles. The van der Waals surface area contributed by atoms with E-state index in [0.29, 0.717) is 11.3 Å². The Morgan fingerprint density at radius 2 is 1.50 bits per heavy atom. The van der Waals surface area contributed by atoms with Gasteiger partial charge in [-0.05, 0) is 34.9 Å². The molecule has 0 aromatic heterocycles. The molecule has 0 fully saturated rings. The molecule has 3 aromatic rings. The molecular formula is C23H21NO4. The summed E-state index contributed by atoms with van der Waals surface area (Å²) in [6, 6.07) is 23.0. The normalized spacial score (nSPS) is 11.5. The molecule has 142 valence electrons. The van der Waals surface area contributed by atoms with Crippen molar-refractivity contribution in [2.24, 2.45) is 0 Å². The lowest BCUT2D eigenvalue weighted by atomic mass is 10.0. The second-order valence-electron chi connectivity index (χ2n) is 6.32. The molecule has 1 atom stereocenters. The monoisotopic (exact) mass is 375 g/mol. The van der Waals surface area contributed by atoms with E-state index in [-0.39, 0.29) is 6.42 Å². The van der Waals surface area contributed by atoms with Crippen molar-refractivity contribution in [1.29, 1.82) is 0 Å². The number of carboxylic acids is 1. The van der Waals surface area contributed by atoms with E-state index in [1.54, 1.807) is 30.3 Å². The number of aliphatic carboxylic acids is 1. The maximum Gasteiger partial charge on any atom is 0.326 e. The minimum Gasteiger partial charge on any atom is -0.496 e. The molecular weight excluding hydrogens is 354 g/mol. The van der Waals surface area contributed by atoms with Crippen LogP contribution in [0.1, 0.15) is 15.9 Å². The van der Waals surface area contributed by atoms with Gasteiger partial charge in [0.25, 0.3) is 5.91 Å². The zero-order valence-corrected chi connectivity index (χ0v) is 15.5. The first-order valence-corrected chi connectivity index (χ1v) is 8.89. The molecule has 0 aliphatic rings. The number of carboxylic acid groups (broad SMARTS) is 1. The number of carbonyl (C=O) groups is 2. The Balaban J connectivity index is 1.73. The standard InChI is InChI=1S/C23H21NO4/c1-28-21-10-6-5-9-19(21)15-20(23(26)27)24-22(25)18-13-11-17(12-14-18)16-7-3-2-4-8-16/h2-14,20H,15H2,1H3,(H,24,25)(H,26,27)/t20-/m0/s1. The quantitative estimate of drug-likeness (QED) is 0.659. The molecule has 3 rings (SSSR count). The Morgan fingerprint density at radius 1 is 0.893 bits per heavy atom. The second kappa shape index (κ2) is 8.86. The van der Waals surface area contributed by atoms with Gasteiger partial charge < -0.3 is 15.2 Å². The number of benzene rings is 3. The first kappa shape index (κ1) is 19.2. The summed E-state index contributed by atoms with van der Waals surface area (Å²) in [5.74, 6) is -0.933. The van der Waals surface area contributed by atoms with Gasteiger partial charge in [-0.15, -0.1) is 0 Å². The lowest BCUT2D eigenvalue weighted by molar-refractivity contribution is -0.139. The molecule has 0 radical (unpaired) electrons. The Labute approximate surface area is 163 Å². The summed E-state index contributed by atoms with van der Waals surface area (Å²) in [6.45, 7) is 0. The first-order valence-electron chi connectivity index (χ1n) is 8.89. The highest BCUT2D eigenvalue weighted by atomic mass is 16.5. The van der Waals surface area contributed by atoms with Gasteiger partial charge in [0.2, 0.25) is 0 Å². The zero-order chi connectivity index (χ0) is 19.9. The lowest BCUT2D eigenvalue weighted by Gasteiger charge is -2.16. The van der Waals surface area contributed by atoms with E-state index in [9.17, 15) is 14.7 Å². The molecule has 1 amide bonds. The third-order valence-corrected chi connectivity index (χ3v) is 4.47. The van der Waals surface area contributed by atoms with Crippen LogP contribution in [0, 0.1) is 0 Å². The summed E-state index contributed by atoms with van der Waals surface area (Å²) < 4.78 is 5.27. The summed E-state index contributed by atoms with van der Waals surface area (Å²) in [5, 5.41) is 12.1. The molecule has 0 spiro atoms. The van der Waals surface area contributed by atoms with E-state index in [0.717, 1.165) is 16.7 Å². The minimum absolute atomic E-state index is 0.132. The molecule has 0 heterocycles. The van der Waals surface area contributed by atoms with Crippen LogP contribution in [0.3, 0.4) is 0 Å². The van der Waals surface area contributed by atoms with Crippen molar-refractivity contribution in [3.8, 4) is 16.9 Å². The van der Waals surface area contributed by atoms with Crippen LogP contribution < -0.4 is 10.1 Å². The maximum atomic E-state index is 12.5. The molecule has 0 saturated heterocycles. The van der Waals surface area contributed by atoms with E-state index < -0.39 is 17.9 Å². The van der Waals surface area contributed by atoms with Crippen molar-refractivity contribution in [2.45, 2.75) is 12.5 Å². The number of methoxy groups -OCH3 is 1. The second-order valence-corrected chi connectivity index (χ2v) is 6.32. The molecule has 0 saturated carbocycles. The minimum atomic E-state index is -1.10. The fourth-order valence-electron chi connectivity index (χ4n) is 2.98. The lowest BCUT2D eigenvalue weighted by Crippen LogP contribution is -2.42. The molecule has 2 N–H and O–H groups in total. The number of amides is 1. The summed E-state index contributed by atoms with van der Waals surface area (Å²) in [7, 11) is 1.53. The average molecular weight is 375 g/mol. The van der Waals surface area contributed by atoms with Crippen LogP contribution in [-0.4, -0.2) is 30.1 Å². The van der Waals surface area contributed by atoms with Crippen LogP contribution in [0.25, 0.3) is 11.1 Å². The smallest absolute Gasteiger partial charge is 0.326 e. The summed E-state index contributed by atoms with van der Waals surface area (Å²) in [4.78, 5) is 24.2. The molecule has 5 heteroatoms. The van der Waals surface area contributed by atoms with Crippen LogP contribution in [0.15, 0.2) is 78.9 Å².